The summed E-state index contributed by atoms with van der Waals surface area (Å²) in [5.74, 6) is 1.17. The predicted octanol–water partition coefficient (Wildman–Crippen LogP) is 2.75. The van der Waals surface area contributed by atoms with E-state index in [9.17, 15) is 18.3 Å². The minimum absolute atomic E-state index is 0.0868. The topological polar surface area (TPSA) is 29.5 Å². The average Bonchev–Trinajstić information content (AvgIpc) is 2.83. The molecule has 3 unspecified atom stereocenters. The van der Waals surface area contributed by atoms with E-state index in [1.807, 2.05) is 0 Å². The van der Waals surface area contributed by atoms with Crippen LogP contribution in [0.1, 0.15) is 32.1 Å². The molecule has 100 valence electrons. The Balaban J connectivity index is 1.77. The molecule has 0 spiro atoms. The first-order chi connectivity index (χ1) is 7.95. The van der Waals surface area contributed by atoms with Crippen LogP contribution in [-0.4, -0.2) is 31.1 Å². The van der Waals surface area contributed by atoms with E-state index < -0.39 is 12.8 Å². The number of alkyl halides is 3. The van der Waals surface area contributed by atoms with Crippen molar-refractivity contribution in [3.8, 4) is 0 Å². The Morgan fingerprint density at radius 1 is 1.29 bits per heavy atom. The van der Waals surface area contributed by atoms with Crippen LogP contribution in [0.15, 0.2) is 0 Å². The van der Waals surface area contributed by atoms with Gasteiger partial charge in [0.1, 0.15) is 6.61 Å². The quantitative estimate of drug-likeness (QED) is 0.762. The second-order valence-corrected chi connectivity index (χ2v) is 5.52. The fraction of sp³-hybridized carbons (Fsp3) is 1.00. The monoisotopic (exact) mass is 252 g/mol. The SMILES string of the molecule is OCC1(CCOCC(F)(F)F)CC2CCC1C2. The van der Waals surface area contributed by atoms with Crippen LogP contribution < -0.4 is 0 Å². The van der Waals surface area contributed by atoms with Crippen molar-refractivity contribution < 1.29 is 23.0 Å². The second-order valence-electron chi connectivity index (χ2n) is 5.52. The van der Waals surface area contributed by atoms with Crippen molar-refractivity contribution in [1.29, 1.82) is 0 Å². The van der Waals surface area contributed by atoms with E-state index in [1.54, 1.807) is 0 Å². The van der Waals surface area contributed by atoms with Gasteiger partial charge in [0.15, 0.2) is 0 Å². The maximum Gasteiger partial charge on any atom is 0.411 e. The first-order valence-electron chi connectivity index (χ1n) is 6.20. The van der Waals surface area contributed by atoms with Crippen LogP contribution in [0.2, 0.25) is 0 Å². The number of halogens is 3. The van der Waals surface area contributed by atoms with Crippen LogP contribution in [0.25, 0.3) is 0 Å². The van der Waals surface area contributed by atoms with Gasteiger partial charge in [-0.25, -0.2) is 0 Å². The summed E-state index contributed by atoms with van der Waals surface area (Å²) in [4.78, 5) is 0. The molecule has 3 atom stereocenters. The molecule has 1 N–H and O–H groups in total. The molecular formula is C12H19F3O2. The van der Waals surface area contributed by atoms with Crippen molar-refractivity contribution in [3.63, 3.8) is 0 Å². The third-order valence-electron chi connectivity index (χ3n) is 4.43. The molecular weight excluding hydrogens is 233 g/mol. The summed E-state index contributed by atoms with van der Waals surface area (Å²) in [5, 5.41) is 9.52. The fourth-order valence-corrected chi connectivity index (χ4v) is 3.60. The van der Waals surface area contributed by atoms with Crippen LogP contribution in [0.4, 0.5) is 13.2 Å². The standard InChI is InChI=1S/C12H19F3O2/c13-12(14,15)8-17-4-3-11(7-16)6-9-1-2-10(11)5-9/h9-10,16H,1-8H2. The van der Waals surface area contributed by atoms with Crippen LogP contribution in [0.3, 0.4) is 0 Å². The Bertz CT molecular complexity index is 267. The third-order valence-corrected chi connectivity index (χ3v) is 4.43. The zero-order valence-electron chi connectivity index (χ0n) is 9.80. The highest BCUT2D eigenvalue weighted by Gasteiger charge is 2.50. The molecule has 0 amide bonds. The summed E-state index contributed by atoms with van der Waals surface area (Å²) in [6.45, 7) is -0.991. The number of fused-ring (bicyclic) bond motifs is 2. The van der Waals surface area contributed by atoms with Crippen LogP contribution >= 0.6 is 0 Å². The fourth-order valence-electron chi connectivity index (χ4n) is 3.60. The third kappa shape index (κ3) is 2.94. The van der Waals surface area contributed by atoms with Gasteiger partial charge in [-0.05, 0) is 42.9 Å². The maximum atomic E-state index is 11.9. The van der Waals surface area contributed by atoms with Crippen LogP contribution in [0.5, 0.6) is 0 Å². The van der Waals surface area contributed by atoms with Gasteiger partial charge in [0.25, 0.3) is 0 Å². The molecule has 2 saturated carbocycles. The molecule has 0 heterocycles. The Hall–Kier alpha value is -0.290. The van der Waals surface area contributed by atoms with E-state index in [0.29, 0.717) is 18.3 Å². The molecule has 0 saturated heterocycles. The summed E-state index contributed by atoms with van der Waals surface area (Å²) in [6.07, 6.45) is 0.742. The molecule has 5 heteroatoms. The summed E-state index contributed by atoms with van der Waals surface area (Å²) in [6, 6.07) is 0. The lowest BCUT2D eigenvalue weighted by molar-refractivity contribution is -0.176. The first kappa shape index (κ1) is 13.1. The molecule has 0 aromatic heterocycles. The summed E-state index contributed by atoms with van der Waals surface area (Å²) < 4.78 is 40.4. The summed E-state index contributed by atoms with van der Waals surface area (Å²) in [7, 11) is 0. The molecule has 2 aliphatic carbocycles. The van der Waals surface area contributed by atoms with Crippen molar-refractivity contribution in [3.05, 3.63) is 0 Å². The van der Waals surface area contributed by atoms with Gasteiger partial charge in [-0.1, -0.05) is 6.42 Å². The Morgan fingerprint density at radius 3 is 2.53 bits per heavy atom. The molecule has 0 aromatic rings. The number of aliphatic hydroxyl groups is 1. The highest BCUT2D eigenvalue weighted by Crippen LogP contribution is 2.57. The number of hydrogen-bond donors (Lipinski definition) is 1. The van der Waals surface area contributed by atoms with Gasteiger partial charge in [-0.15, -0.1) is 0 Å². The van der Waals surface area contributed by atoms with Crippen molar-refractivity contribution in [2.45, 2.75) is 38.3 Å². The average molecular weight is 252 g/mol. The zero-order valence-corrected chi connectivity index (χ0v) is 9.80. The molecule has 2 nitrogen and oxygen atoms in total. The molecule has 0 radical (unpaired) electrons. The van der Waals surface area contributed by atoms with Crippen molar-refractivity contribution in [2.75, 3.05) is 19.8 Å². The number of ether oxygens (including phenoxy) is 1. The lowest BCUT2D eigenvalue weighted by atomic mass is 9.71. The molecule has 17 heavy (non-hydrogen) atoms. The maximum absolute atomic E-state index is 11.9. The molecule has 0 aliphatic heterocycles. The normalized spacial score (nSPS) is 36.7. The Kier molecular flexibility index (Phi) is 3.69. The van der Waals surface area contributed by atoms with Gasteiger partial charge in [0.2, 0.25) is 0 Å². The Labute approximate surface area is 99.1 Å². The molecule has 2 fully saturated rings. The number of hydrogen-bond acceptors (Lipinski definition) is 2. The number of rotatable bonds is 5. The second kappa shape index (κ2) is 4.76. The van der Waals surface area contributed by atoms with E-state index in [4.69, 9.17) is 0 Å². The lowest BCUT2D eigenvalue weighted by Gasteiger charge is -2.36. The zero-order chi connectivity index (χ0) is 12.5. The highest BCUT2D eigenvalue weighted by atomic mass is 19.4. The van der Waals surface area contributed by atoms with E-state index in [2.05, 4.69) is 4.74 Å². The highest BCUT2D eigenvalue weighted by molar-refractivity contribution is 4.99. The molecule has 2 bridgehead atoms. The predicted molar refractivity (Wildman–Crippen MR) is 56.5 cm³/mol. The lowest BCUT2D eigenvalue weighted by Crippen LogP contribution is -2.33. The molecule has 2 rings (SSSR count). The van der Waals surface area contributed by atoms with E-state index in [0.717, 1.165) is 19.3 Å². The summed E-state index contributed by atoms with van der Waals surface area (Å²) >= 11 is 0. The van der Waals surface area contributed by atoms with Gasteiger partial charge in [-0.3, -0.25) is 0 Å². The van der Waals surface area contributed by atoms with Crippen molar-refractivity contribution in [2.24, 2.45) is 17.3 Å². The van der Waals surface area contributed by atoms with Gasteiger partial charge in [0.05, 0.1) is 0 Å². The summed E-state index contributed by atoms with van der Waals surface area (Å²) in [5.41, 5.74) is -0.158. The van der Waals surface area contributed by atoms with Crippen molar-refractivity contribution in [1.82, 2.24) is 0 Å². The molecule has 0 aromatic carbocycles. The van der Waals surface area contributed by atoms with E-state index in [1.165, 1.54) is 6.42 Å². The minimum atomic E-state index is -4.25. The first-order valence-corrected chi connectivity index (χ1v) is 6.20. The van der Waals surface area contributed by atoms with E-state index in [-0.39, 0.29) is 18.6 Å². The van der Waals surface area contributed by atoms with E-state index >= 15 is 0 Å². The smallest absolute Gasteiger partial charge is 0.396 e. The van der Waals surface area contributed by atoms with Gasteiger partial charge >= 0.3 is 6.18 Å². The number of aliphatic hydroxyl groups excluding tert-OH is 1. The van der Waals surface area contributed by atoms with Gasteiger partial charge < -0.3 is 9.84 Å². The minimum Gasteiger partial charge on any atom is -0.396 e. The van der Waals surface area contributed by atoms with Crippen molar-refractivity contribution >= 4 is 0 Å². The Morgan fingerprint density at radius 2 is 2.06 bits per heavy atom. The molecule has 2 aliphatic rings. The van der Waals surface area contributed by atoms with Crippen LogP contribution in [0, 0.1) is 17.3 Å². The van der Waals surface area contributed by atoms with Gasteiger partial charge in [0, 0.05) is 13.2 Å². The van der Waals surface area contributed by atoms with Gasteiger partial charge in [-0.2, -0.15) is 13.2 Å². The largest absolute Gasteiger partial charge is 0.411 e. The van der Waals surface area contributed by atoms with Crippen LogP contribution in [-0.2, 0) is 4.74 Å².